The highest BCUT2D eigenvalue weighted by Crippen LogP contribution is 2.24. The number of hydrogen-bond acceptors (Lipinski definition) is 3. The minimum Gasteiger partial charge on any atom is -0.397 e. The summed E-state index contributed by atoms with van der Waals surface area (Å²) in [5.74, 6) is -0.234. The molecule has 18 heavy (non-hydrogen) atoms. The first-order valence-electron chi connectivity index (χ1n) is 5.73. The van der Waals surface area contributed by atoms with Crippen LogP contribution in [0, 0.1) is 5.82 Å². The van der Waals surface area contributed by atoms with Gasteiger partial charge in [0, 0.05) is 11.7 Å². The molecule has 0 aliphatic carbocycles. The van der Waals surface area contributed by atoms with E-state index in [-0.39, 0.29) is 11.9 Å². The van der Waals surface area contributed by atoms with Gasteiger partial charge in [0.05, 0.1) is 11.4 Å². The zero-order valence-corrected chi connectivity index (χ0v) is 10.2. The summed E-state index contributed by atoms with van der Waals surface area (Å²) in [6.45, 7) is 2.00. The van der Waals surface area contributed by atoms with E-state index in [1.54, 1.807) is 24.3 Å². The summed E-state index contributed by atoms with van der Waals surface area (Å²) in [6, 6.07) is 11.9. The Hall–Kier alpha value is -2.23. The maximum atomic E-state index is 12.8. The number of anilines is 3. The molecule has 0 spiro atoms. The van der Waals surface area contributed by atoms with Gasteiger partial charge in [-0.15, -0.1) is 0 Å². The molecular formula is C14H16FN3. The minimum atomic E-state index is -0.234. The standard InChI is InChI=1S/C14H16FN3/c1-9(10-2-4-11(15)5-3-10)18-12-6-7-13(16)14(17)8-12/h2-9,18H,16-17H2,1H3. The van der Waals surface area contributed by atoms with Gasteiger partial charge in [-0.25, -0.2) is 4.39 Å². The Kier molecular flexibility index (Phi) is 3.37. The van der Waals surface area contributed by atoms with Crippen LogP contribution in [0.1, 0.15) is 18.5 Å². The Labute approximate surface area is 106 Å². The lowest BCUT2D eigenvalue weighted by Crippen LogP contribution is -2.07. The van der Waals surface area contributed by atoms with Gasteiger partial charge in [0.1, 0.15) is 5.82 Å². The summed E-state index contributed by atoms with van der Waals surface area (Å²) in [7, 11) is 0. The molecule has 0 aromatic heterocycles. The first-order chi connectivity index (χ1) is 8.56. The summed E-state index contributed by atoms with van der Waals surface area (Å²) in [4.78, 5) is 0. The van der Waals surface area contributed by atoms with E-state index in [0.29, 0.717) is 11.4 Å². The van der Waals surface area contributed by atoms with Crippen molar-refractivity contribution in [3.63, 3.8) is 0 Å². The van der Waals surface area contributed by atoms with Gasteiger partial charge in [-0.1, -0.05) is 12.1 Å². The number of halogens is 1. The van der Waals surface area contributed by atoms with Crippen LogP contribution in [0.4, 0.5) is 21.5 Å². The molecule has 0 saturated carbocycles. The number of nitrogens with two attached hydrogens (primary N) is 2. The highest BCUT2D eigenvalue weighted by molar-refractivity contribution is 5.69. The van der Waals surface area contributed by atoms with Crippen LogP contribution < -0.4 is 16.8 Å². The maximum absolute atomic E-state index is 12.8. The zero-order valence-electron chi connectivity index (χ0n) is 10.2. The quantitative estimate of drug-likeness (QED) is 0.728. The Morgan fingerprint density at radius 3 is 2.28 bits per heavy atom. The normalized spacial score (nSPS) is 12.1. The van der Waals surface area contributed by atoms with Gasteiger partial charge in [0.2, 0.25) is 0 Å². The molecule has 5 N–H and O–H groups in total. The fraction of sp³-hybridized carbons (Fsp3) is 0.143. The van der Waals surface area contributed by atoms with Crippen molar-refractivity contribution in [1.29, 1.82) is 0 Å². The van der Waals surface area contributed by atoms with Crippen LogP contribution in [0.2, 0.25) is 0 Å². The smallest absolute Gasteiger partial charge is 0.123 e. The topological polar surface area (TPSA) is 64.1 Å². The Morgan fingerprint density at radius 2 is 1.67 bits per heavy atom. The van der Waals surface area contributed by atoms with Crippen molar-refractivity contribution in [2.24, 2.45) is 0 Å². The molecule has 0 bridgehead atoms. The lowest BCUT2D eigenvalue weighted by atomic mass is 10.1. The Bertz CT molecular complexity index is 537. The van der Waals surface area contributed by atoms with E-state index in [9.17, 15) is 4.39 Å². The van der Waals surface area contributed by atoms with Crippen LogP contribution in [0.25, 0.3) is 0 Å². The van der Waals surface area contributed by atoms with Crippen LogP contribution in [0.15, 0.2) is 42.5 Å². The van der Waals surface area contributed by atoms with Crippen molar-refractivity contribution in [2.45, 2.75) is 13.0 Å². The predicted octanol–water partition coefficient (Wildman–Crippen LogP) is 3.16. The monoisotopic (exact) mass is 245 g/mol. The fourth-order valence-electron chi connectivity index (χ4n) is 1.75. The lowest BCUT2D eigenvalue weighted by Gasteiger charge is -2.16. The first-order valence-corrected chi connectivity index (χ1v) is 5.73. The molecule has 0 aliphatic rings. The second-order valence-corrected chi connectivity index (χ2v) is 4.26. The predicted molar refractivity (Wildman–Crippen MR) is 73.7 cm³/mol. The molecule has 0 saturated heterocycles. The van der Waals surface area contributed by atoms with Crippen LogP contribution in [-0.2, 0) is 0 Å². The van der Waals surface area contributed by atoms with Crippen molar-refractivity contribution >= 4 is 17.1 Å². The van der Waals surface area contributed by atoms with E-state index in [1.165, 1.54) is 12.1 Å². The Morgan fingerprint density at radius 1 is 1.00 bits per heavy atom. The number of hydrogen-bond donors (Lipinski definition) is 3. The van der Waals surface area contributed by atoms with Gasteiger partial charge in [0.15, 0.2) is 0 Å². The van der Waals surface area contributed by atoms with Crippen molar-refractivity contribution in [3.05, 3.63) is 53.8 Å². The molecule has 3 nitrogen and oxygen atoms in total. The van der Waals surface area contributed by atoms with Gasteiger partial charge >= 0.3 is 0 Å². The zero-order chi connectivity index (χ0) is 13.1. The molecule has 1 atom stereocenters. The molecule has 0 amide bonds. The molecule has 0 radical (unpaired) electrons. The number of rotatable bonds is 3. The average molecular weight is 245 g/mol. The van der Waals surface area contributed by atoms with E-state index in [1.807, 2.05) is 13.0 Å². The largest absolute Gasteiger partial charge is 0.397 e. The summed E-state index contributed by atoms with van der Waals surface area (Å²) in [5, 5.41) is 3.29. The molecule has 94 valence electrons. The van der Waals surface area contributed by atoms with E-state index in [0.717, 1.165) is 11.3 Å². The van der Waals surface area contributed by atoms with Crippen LogP contribution in [0.5, 0.6) is 0 Å². The summed E-state index contributed by atoms with van der Waals surface area (Å²) >= 11 is 0. The number of benzene rings is 2. The highest BCUT2D eigenvalue weighted by Gasteiger charge is 2.06. The van der Waals surface area contributed by atoms with Gasteiger partial charge in [-0.2, -0.15) is 0 Å². The van der Waals surface area contributed by atoms with E-state index in [4.69, 9.17) is 11.5 Å². The second-order valence-electron chi connectivity index (χ2n) is 4.26. The van der Waals surface area contributed by atoms with Crippen molar-refractivity contribution in [2.75, 3.05) is 16.8 Å². The SMILES string of the molecule is CC(Nc1ccc(N)c(N)c1)c1ccc(F)cc1. The molecule has 0 heterocycles. The third kappa shape index (κ3) is 2.71. The average Bonchev–Trinajstić information content (AvgIpc) is 2.34. The van der Waals surface area contributed by atoms with Crippen molar-refractivity contribution in [1.82, 2.24) is 0 Å². The highest BCUT2D eigenvalue weighted by atomic mass is 19.1. The summed E-state index contributed by atoms with van der Waals surface area (Å²) in [5.41, 5.74) is 14.4. The molecule has 4 heteroatoms. The van der Waals surface area contributed by atoms with Crippen LogP contribution >= 0.6 is 0 Å². The van der Waals surface area contributed by atoms with Gasteiger partial charge in [-0.3, -0.25) is 0 Å². The first kappa shape index (κ1) is 12.2. The van der Waals surface area contributed by atoms with E-state index in [2.05, 4.69) is 5.32 Å². The van der Waals surface area contributed by atoms with E-state index >= 15 is 0 Å². The molecule has 0 aliphatic heterocycles. The van der Waals surface area contributed by atoms with Crippen LogP contribution in [0.3, 0.4) is 0 Å². The molecule has 2 rings (SSSR count). The minimum absolute atomic E-state index is 0.0635. The molecule has 0 fully saturated rings. The molecular weight excluding hydrogens is 229 g/mol. The van der Waals surface area contributed by atoms with Gasteiger partial charge < -0.3 is 16.8 Å². The third-order valence-electron chi connectivity index (χ3n) is 2.84. The lowest BCUT2D eigenvalue weighted by molar-refractivity contribution is 0.626. The van der Waals surface area contributed by atoms with Crippen LogP contribution in [-0.4, -0.2) is 0 Å². The second kappa shape index (κ2) is 4.96. The van der Waals surface area contributed by atoms with Crippen molar-refractivity contribution in [3.8, 4) is 0 Å². The molecule has 2 aromatic carbocycles. The van der Waals surface area contributed by atoms with Crippen molar-refractivity contribution < 1.29 is 4.39 Å². The molecule has 2 aromatic rings. The number of nitrogens with one attached hydrogen (secondary N) is 1. The maximum Gasteiger partial charge on any atom is 0.123 e. The molecule has 1 unspecified atom stereocenters. The Balaban J connectivity index is 2.13. The summed E-state index contributed by atoms with van der Waals surface area (Å²) in [6.07, 6.45) is 0. The van der Waals surface area contributed by atoms with Gasteiger partial charge in [-0.05, 0) is 42.8 Å². The fourth-order valence-corrected chi connectivity index (χ4v) is 1.75. The van der Waals surface area contributed by atoms with Gasteiger partial charge in [0.25, 0.3) is 0 Å². The number of nitrogen functional groups attached to an aromatic ring is 2. The summed E-state index contributed by atoms with van der Waals surface area (Å²) < 4.78 is 12.8. The third-order valence-corrected chi connectivity index (χ3v) is 2.84. The van der Waals surface area contributed by atoms with E-state index < -0.39 is 0 Å².